The van der Waals surface area contributed by atoms with Crippen LogP contribution in [0, 0.1) is 0 Å². The van der Waals surface area contributed by atoms with Gasteiger partial charge in [-0.25, -0.2) is 5.43 Å². The molecule has 0 unspecified atom stereocenters. The summed E-state index contributed by atoms with van der Waals surface area (Å²) in [6.07, 6.45) is 1.44. The van der Waals surface area contributed by atoms with Crippen LogP contribution in [0.15, 0.2) is 90.0 Å². The van der Waals surface area contributed by atoms with E-state index >= 15 is 0 Å². The van der Waals surface area contributed by atoms with Gasteiger partial charge in [0.15, 0.2) is 0 Å². The summed E-state index contributed by atoms with van der Waals surface area (Å²) in [4.78, 5) is 24.0. The monoisotopic (exact) mass is 457 g/mol. The Morgan fingerprint density at radius 2 is 1.58 bits per heavy atom. The van der Waals surface area contributed by atoms with Crippen molar-refractivity contribution in [1.82, 2.24) is 15.6 Å². The minimum absolute atomic E-state index is 0.226. The Bertz CT molecular complexity index is 1240. The molecule has 0 saturated heterocycles. The highest BCUT2D eigenvalue weighted by molar-refractivity contribution is 7.18. The molecular formula is C24H19N5O3S. The van der Waals surface area contributed by atoms with Crippen LogP contribution in [0.25, 0.3) is 10.6 Å². The number of anilines is 1. The van der Waals surface area contributed by atoms with Crippen LogP contribution in [0.2, 0.25) is 0 Å². The Hall–Kier alpha value is -4.37. The number of benzene rings is 3. The summed E-state index contributed by atoms with van der Waals surface area (Å²) in [6.45, 7) is 0.473. The van der Waals surface area contributed by atoms with E-state index in [4.69, 9.17) is 4.74 Å². The number of ether oxygens (including phenoxy) is 1. The molecule has 0 spiro atoms. The Kier molecular flexibility index (Phi) is 7.14. The van der Waals surface area contributed by atoms with E-state index in [0.717, 1.165) is 16.7 Å². The summed E-state index contributed by atoms with van der Waals surface area (Å²) in [5, 5.41) is 15.0. The van der Waals surface area contributed by atoms with Crippen molar-refractivity contribution >= 4 is 34.5 Å². The number of nitrogens with zero attached hydrogens (tertiary/aromatic N) is 3. The maximum absolute atomic E-state index is 12.1. The molecule has 0 aliphatic heterocycles. The molecular weight excluding hydrogens is 438 g/mol. The number of hydrazone groups is 1. The van der Waals surface area contributed by atoms with Crippen LogP contribution in [-0.2, 0) is 16.2 Å². The second-order valence-corrected chi connectivity index (χ2v) is 7.75. The minimum Gasteiger partial charge on any atom is -0.489 e. The number of hydrogen-bond acceptors (Lipinski definition) is 7. The zero-order valence-corrected chi connectivity index (χ0v) is 18.2. The highest BCUT2D eigenvalue weighted by Crippen LogP contribution is 2.25. The molecule has 3 aromatic carbocycles. The number of amides is 2. The molecule has 2 N–H and O–H groups in total. The van der Waals surface area contributed by atoms with Crippen LogP contribution in [0.5, 0.6) is 5.75 Å². The van der Waals surface area contributed by atoms with Crippen molar-refractivity contribution in [2.24, 2.45) is 5.10 Å². The predicted molar refractivity (Wildman–Crippen MR) is 127 cm³/mol. The van der Waals surface area contributed by atoms with E-state index < -0.39 is 11.8 Å². The Morgan fingerprint density at radius 1 is 0.879 bits per heavy atom. The minimum atomic E-state index is -0.912. The normalized spacial score (nSPS) is 10.7. The first-order valence-electron chi connectivity index (χ1n) is 9.97. The first kappa shape index (κ1) is 21.8. The maximum Gasteiger partial charge on any atom is 0.329 e. The van der Waals surface area contributed by atoms with Gasteiger partial charge in [-0.2, -0.15) is 5.10 Å². The van der Waals surface area contributed by atoms with Gasteiger partial charge < -0.3 is 4.74 Å². The lowest BCUT2D eigenvalue weighted by molar-refractivity contribution is -0.136. The van der Waals surface area contributed by atoms with Crippen molar-refractivity contribution in [1.29, 1.82) is 0 Å². The molecule has 164 valence electrons. The fourth-order valence-corrected chi connectivity index (χ4v) is 3.48. The number of carbonyl (C=O) groups is 2. The quantitative estimate of drug-likeness (QED) is 0.249. The molecule has 4 aromatic rings. The van der Waals surface area contributed by atoms with Crippen molar-refractivity contribution in [3.8, 4) is 16.3 Å². The molecule has 9 heteroatoms. The molecule has 8 nitrogen and oxygen atoms in total. The average Bonchev–Trinajstić information content (AvgIpc) is 3.33. The third-order valence-corrected chi connectivity index (χ3v) is 5.27. The average molecular weight is 458 g/mol. The highest BCUT2D eigenvalue weighted by atomic mass is 32.1. The zero-order valence-electron chi connectivity index (χ0n) is 17.3. The SMILES string of the molecule is O=C(N/N=C/c1ccc(OCc2ccccc2)cc1)C(=O)Nc1nnc(-c2ccccc2)s1. The number of aromatic nitrogens is 2. The Balaban J connectivity index is 1.24. The molecule has 0 atom stereocenters. The molecule has 0 saturated carbocycles. The van der Waals surface area contributed by atoms with Gasteiger partial charge in [0.1, 0.15) is 17.4 Å². The van der Waals surface area contributed by atoms with E-state index in [9.17, 15) is 9.59 Å². The lowest BCUT2D eigenvalue weighted by atomic mass is 10.2. The smallest absolute Gasteiger partial charge is 0.329 e. The molecule has 4 rings (SSSR count). The van der Waals surface area contributed by atoms with Crippen LogP contribution < -0.4 is 15.5 Å². The van der Waals surface area contributed by atoms with Gasteiger partial charge in [0, 0.05) is 5.56 Å². The third-order valence-electron chi connectivity index (χ3n) is 4.38. The topological polar surface area (TPSA) is 106 Å². The van der Waals surface area contributed by atoms with E-state index in [1.165, 1.54) is 17.6 Å². The molecule has 1 aromatic heterocycles. The Labute approximate surface area is 194 Å². The number of rotatable bonds is 7. The maximum atomic E-state index is 12.1. The second kappa shape index (κ2) is 10.8. The van der Waals surface area contributed by atoms with Gasteiger partial charge in [0.2, 0.25) is 5.13 Å². The first-order chi connectivity index (χ1) is 16.2. The van der Waals surface area contributed by atoms with E-state index in [1.54, 1.807) is 24.3 Å². The van der Waals surface area contributed by atoms with Crippen molar-refractivity contribution in [3.05, 3.63) is 96.1 Å². The first-order valence-corrected chi connectivity index (χ1v) is 10.8. The van der Waals surface area contributed by atoms with Crippen LogP contribution in [-0.4, -0.2) is 28.2 Å². The van der Waals surface area contributed by atoms with Gasteiger partial charge in [-0.3, -0.25) is 14.9 Å². The number of carbonyl (C=O) groups excluding carboxylic acids is 2. The van der Waals surface area contributed by atoms with Crippen LogP contribution in [0.1, 0.15) is 11.1 Å². The fraction of sp³-hybridized carbons (Fsp3) is 0.0417. The molecule has 33 heavy (non-hydrogen) atoms. The molecule has 0 aliphatic rings. The fourth-order valence-electron chi connectivity index (χ4n) is 2.73. The molecule has 0 fully saturated rings. The predicted octanol–water partition coefficient (Wildman–Crippen LogP) is 3.87. The second-order valence-electron chi connectivity index (χ2n) is 6.77. The number of hydrogen-bond donors (Lipinski definition) is 2. The highest BCUT2D eigenvalue weighted by Gasteiger charge is 2.16. The standard InChI is InChI=1S/C24H19N5O3S/c30-21(26-24-29-28-23(33-24)19-9-5-2-6-10-19)22(31)27-25-15-17-11-13-20(14-12-17)32-16-18-7-3-1-4-8-18/h1-15H,16H2,(H,27,31)(H,26,29,30)/b25-15+. The summed E-state index contributed by atoms with van der Waals surface area (Å²) in [5.74, 6) is -1.08. The largest absolute Gasteiger partial charge is 0.489 e. The van der Waals surface area contributed by atoms with E-state index in [1.807, 2.05) is 60.7 Å². The summed E-state index contributed by atoms with van der Waals surface area (Å²) in [5.41, 5.74) is 4.88. The van der Waals surface area contributed by atoms with E-state index in [0.29, 0.717) is 17.4 Å². The summed E-state index contributed by atoms with van der Waals surface area (Å²) >= 11 is 1.17. The van der Waals surface area contributed by atoms with Gasteiger partial charge in [-0.05, 0) is 35.4 Å². The summed E-state index contributed by atoms with van der Waals surface area (Å²) < 4.78 is 5.73. The van der Waals surface area contributed by atoms with Crippen LogP contribution >= 0.6 is 11.3 Å². The van der Waals surface area contributed by atoms with Crippen molar-refractivity contribution in [3.63, 3.8) is 0 Å². The zero-order chi connectivity index (χ0) is 22.9. The molecule has 0 radical (unpaired) electrons. The van der Waals surface area contributed by atoms with Crippen LogP contribution in [0.4, 0.5) is 5.13 Å². The summed E-state index contributed by atoms with van der Waals surface area (Å²) in [7, 11) is 0. The van der Waals surface area contributed by atoms with E-state index in [-0.39, 0.29) is 5.13 Å². The van der Waals surface area contributed by atoms with Crippen LogP contribution in [0.3, 0.4) is 0 Å². The van der Waals surface area contributed by atoms with Gasteiger partial charge in [0.25, 0.3) is 0 Å². The molecule has 1 heterocycles. The van der Waals surface area contributed by atoms with Crippen molar-refractivity contribution < 1.29 is 14.3 Å². The Morgan fingerprint density at radius 3 is 2.30 bits per heavy atom. The third kappa shape index (κ3) is 6.31. The van der Waals surface area contributed by atoms with Gasteiger partial charge >= 0.3 is 11.8 Å². The van der Waals surface area contributed by atoms with Gasteiger partial charge in [0.05, 0.1) is 6.21 Å². The molecule has 0 aliphatic carbocycles. The van der Waals surface area contributed by atoms with Gasteiger partial charge in [-0.1, -0.05) is 72.0 Å². The van der Waals surface area contributed by atoms with Crippen molar-refractivity contribution in [2.45, 2.75) is 6.61 Å². The number of nitrogens with one attached hydrogen (secondary N) is 2. The lowest BCUT2D eigenvalue weighted by Gasteiger charge is -2.06. The van der Waals surface area contributed by atoms with E-state index in [2.05, 4.69) is 26.0 Å². The lowest BCUT2D eigenvalue weighted by Crippen LogP contribution is -2.32. The molecule has 2 amide bonds. The van der Waals surface area contributed by atoms with Crippen molar-refractivity contribution in [2.75, 3.05) is 5.32 Å². The summed E-state index contributed by atoms with van der Waals surface area (Å²) in [6, 6.07) is 26.5. The van der Waals surface area contributed by atoms with Gasteiger partial charge in [-0.15, -0.1) is 10.2 Å². The molecule has 0 bridgehead atoms.